The summed E-state index contributed by atoms with van der Waals surface area (Å²) in [6.07, 6.45) is 3.75. The standard InChI is InChI=1S/C22H35N3O4/c1-6-8-11-23-21(27)17-10-9-14(3)25(12-17)13-18(26)20-15(4)19(16(5)24-20)22(28)29-7-2/h14,17,24H,6-13H2,1-5H3,(H,23,27). The molecule has 162 valence electrons. The molecule has 1 aliphatic rings. The van der Waals surface area contributed by atoms with Crippen LogP contribution < -0.4 is 5.32 Å². The Kier molecular flexibility index (Phi) is 8.44. The fourth-order valence-electron chi connectivity index (χ4n) is 3.95. The van der Waals surface area contributed by atoms with Crippen LogP contribution in [-0.4, -0.2) is 59.8 Å². The van der Waals surface area contributed by atoms with Gasteiger partial charge in [-0.25, -0.2) is 4.79 Å². The van der Waals surface area contributed by atoms with Gasteiger partial charge >= 0.3 is 5.97 Å². The number of ether oxygens (including phenoxy) is 1. The first-order valence-corrected chi connectivity index (χ1v) is 10.7. The van der Waals surface area contributed by atoms with Crippen molar-refractivity contribution in [3.8, 4) is 0 Å². The number of hydrogen-bond acceptors (Lipinski definition) is 5. The molecule has 2 unspecified atom stereocenters. The molecule has 0 aliphatic carbocycles. The van der Waals surface area contributed by atoms with E-state index in [0.29, 0.717) is 42.2 Å². The molecule has 1 amide bonds. The summed E-state index contributed by atoms with van der Waals surface area (Å²) in [6.45, 7) is 11.3. The zero-order chi connectivity index (χ0) is 21.6. The number of carbonyl (C=O) groups excluding carboxylic acids is 3. The van der Waals surface area contributed by atoms with Crippen LogP contribution in [0.3, 0.4) is 0 Å². The van der Waals surface area contributed by atoms with Gasteiger partial charge in [-0.1, -0.05) is 13.3 Å². The van der Waals surface area contributed by atoms with Crippen LogP contribution in [0.4, 0.5) is 0 Å². The Hall–Kier alpha value is -2.15. The number of unbranched alkanes of at least 4 members (excludes halogenated alkanes) is 1. The van der Waals surface area contributed by atoms with Gasteiger partial charge in [-0.3, -0.25) is 14.5 Å². The molecule has 2 N–H and O–H groups in total. The van der Waals surface area contributed by atoms with Gasteiger partial charge in [-0.05, 0) is 52.5 Å². The molecular weight excluding hydrogens is 370 g/mol. The van der Waals surface area contributed by atoms with Gasteiger partial charge in [0, 0.05) is 24.8 Å². The van der Waals surface area contributed by atoms with E-state index >= 15 is 0 Å². The van der Waals surface area contributed by atoms with Gasteiger partial charge in [0.2, 0.25) is 5.91 Å². The number of Topliss-reactive ketones (excluding diaryl/α,β-unsaturated/α-hetero) is 1. The van der Waals surface area contributed by atoms with Crippen LogP contribution >= 0.6 is 0 Å². The molecule has 2 heterocycles. The van der Waals surface area contributed by atoms with E-state index in [1.54, 1.807) is 20.8 Å². The van der Waals surface area contributed by atoms with Crippen LogP contribution in [0.2, 0.25) is 0 Å². The second-order valence-electron chi connectivity index (χ2n) is 7.97. The van der Waals surface area contributed by atoms with Gasteiger partial charge in [-0.15, -0.1) is 0 Å². The molecule has 0 aromatic carbocycles. The van der Waals surface area contributed by atoms with Crippen molar-refractivity contribution in [2.45, 2.75) is 66.3 Å². The Morgan fingerprint density at radius 3 is 2.59 bits per heavy atom. The summed E-state index contributed by atoms with van der Waals surface area (Å²) in [6, 6.07) is 0.236. The van der Waals surface area contributed by atoms with Crippen LogP contribution in [-0.2, 0) is 9.53 Å². The van der Waals surface area contributed by atoms with E-state index < -0.39 is 5.97 Å². The van der Waals surface area contributed by atoms with Crippen molar-refractivity contribution >= 4 is 17.7 Å². The van der Waals surface area contributed by atoms with Gasteiger partial charge in [0.1, 0.15) is 0 Å². The van der Waals surface area contributed by atoms with Crippen LogP contribution in [0.15, 0.2) is 0 Å². The largest absolute Gasteiger partial charge is 0.462 e. The Bertz CT molecular complexity index is 741. The number of aryl methyl sites for hydroxylation is 1. The van der Waals surface area contributed by atoms with Crippen molar-refractivity contribution in [2.24, 2.45) is 5.92 Å². The lowest BCUT2D eigenvalue weighted by Gasteiger charge is -2.36. The first kappa shape index (κ1) is 23.1. The molecule has 0 spiro atoms. The highest BCUT2D eigenvalue weighted by atomic mass is 16.5. The molecule has 2 rings (SSSR count). The van der Waals surface area contributed by atoms with Crippen molar-refractivity contribution in [1.82, 2.24) is 15.2 Å². The molecule has 1 aliphatic heterocycles. The number of ketones is 1. The number of aromatic nitrogens is 1. The summed E-state index contributed by atoms with van der Waals surface area (Å²) in [7, 11) is 0. The van der Waals surface area contributed by atoms with Crippen LogP contribution in [0, 0.1) is 19.8 Å². The molecule has 7 nitrogen and oxygen atoms in total. The fraction of sp³-hybridized carbons (Fsp3) is 0.682. The second kappa shape index (κ2) is 10.6. The van der Waals surface area contributed by atoms with Crippen molar-refractivity contribution in [2.75, 3.05) is 26.2 Å². The highest BCUT2D eigenvalue weighted by molar-refractivity contribution is 6.02. The molecule has 7 heteroatoms. The van der Waals surface area contributed by atoms with E-state index in [-0.39, 0.29) is 30.2 Å². The number of piperidine rings is 1. The second-order valence-corrected chi connectivity index (χ2v) is 7.97. The van der Waals surface area contributed by atoms with Crippen molar-refractivity contribution in [3.05, 3.63) is 22.5 Å². The minimum absolute atomic E-state index is 0.0694. The Morgan fingerprint density at radius 2 is 1.93 bits per heavy atom. The third-order valence-corrected chi connectivity index (χ3v) is 5.75. The van der Waals surface area contributed by atoms with E-state index in [9.17, 15) is 14.4 Å². The quantitative estimate of drug-likeness (QED) is 0.374. The van der Waals surface area contributed by atoms with Gasteiger partial charge in [-0.2, -0.15) is 0 Å². The number of nitrogens with one attached hydrogen (secondary N) is 2. The SMILES string of the molecule is CCCCNC(=O)C1CCC(C)N(CC(=O)c2[nH]c(C)c(C(=O)OCC)c2C)C1. The lowest BCUT2D eigenvalue weighted by Crippen LogP contribution is -2.48. The number of hydrogen-bond donors (Lipinski definition) is 2. The van der Waals surface area contributed by atoms with E-state index in [1.807, 2.05) is 0 Å². The molecule has 1 fully saturated rings. The number of aromatic amines is 1. The van der Waals surface area contributed by atoms with Gasteiger partial charge < -0.3 is 15.0 Å². The molecular formula is C22H35N3O4. The van der Waals surface area contributed by atoms with Crippen LogP contribution in [0.25, 0.3) is 0 Å². The maximum atomic E-state index is 13.0. The predicted octanol–water partition coefficient (Wildman–Crippen LogP) is 3.01. The molecule has 0 radical (unpaired) electrons. The van der Waals surface area contributed by atoms with Crippen LogP contribution in [0.5, 0.6) is 0 Å². The van der Waals surface area contributed by atoms with E-state index in [2.05, 4.69) is 29.0 Å². The van der Waals surface area contributed by atoms with Crippen molar-refractivity contribution in [1.29, 1.82) is 0 Å². The Morgan fingerprint density at radius 1 is 1.21 bits per heavy atom. The highest BCUT2D eigenvalue weighted by Gasteiger charge is 2.32. The smallest absolute Gasteiger partial charge is 0.340 e. The summed E-state index contributed by atoms with van der Waals surface area (Å²) in [5.74, 6) is -0.482. The number of likely N-dealkylation sites (tertiary alicyclic amines) is 1. The Balaban J connectivity index is 2.06. The minimum atomic E-state index is -0.409. The number of carbonyl (C=O) groups is 3. The molecule has 1 aromatic rings. The highest BCUT2D eigenvalue weighted by Crippen LogP contribution is 2.24. The Labute approximate surface area is 173 Å². The minimum Gasteiger partial charge on any atom is -0.462 e. The lowest BCUT2D eigenvalue weighted by atomic mass is 9.92. The molecule has 2 atom stereocenters. The number of esters is 1. The topological polar surface area (TPSA) is 91.5 Å². The van der Waals surface area contributed by atoms with Gasteiger partial charge in [0.15, 0.2) is 5.78 Å². The third-order valence-electron chi connectivity index (χ3n) is 5.75. The maximum absolute atomic E-state index is 13.0. The van der Waals surface area contributed by atoms with Gasteiger partial charge in [0.25, 0.3) is 0 Å². The molecule has 1 saturated heterocycles. The molecule has 0 bridgehead atoms. The van der Waals surface area contributed by atoms with E-state index in [0.717, 1.165) is 25.7 Å². The number of H-pyrrole nitrogens is 1. The number of rotatable bonds is 9. The monoisotopic (exact) mass is 405 g/mol. The summed E-state index contributed by atoms with van der Waals surface area (Å²) >= 11 is 0. The van der Waals surface area contributed by atoms with E-state index in [4.69, 9.17) is 4.74 Å². The summed E-state index contributed by atoms with van der Waals surface area (Å²) in [5.41, 5.74) is 2.16. The zero-order valence-corrected chi connectivity index (χ0v) is 18.4. The van der Waals surface area contributed by atoms with Crippen molar-refractivity contribution in [3.63, 3.8) is 0 Å². The zero-order valence-electron chi connectivity index (χ0n) is 18.4. The fourth-order valence-corrected chi connectivity index (χ4v) is 3.95. The first-order chi connectivity index (χ1) is 13.8. The third kappa shape index (κ3) is 5.69. The summed E-state index contributed by atoms with van der Waals surface area (Å²) in [4.78, 5) is 42.8. The summed E-state index contributed by atoms with van der Waals surface area (Å²) < 4.78 is 5.11. The van der Waals surface area contributed by atoms with Gasteiger partial charge in [0.05, 0.1) is 30.3 Å². The molecule has 0 saturated carbocycles. The summed E-state index contributed by atoms with van der Waals surface area (Å²) in [5, 5.41) is 3.01. The van der Waals surface area contributed by atoms with Crippen LogP contribution in [0.1, 0.15) is 78.6 Å². The molecule has 29 heavy (non-hydrogen) atoms. The first-order valence-electron chi connectivity index (χ1n) is 10.7. The molecule has 1 aromatic heterocycles. The normalized spacial score (nSPS) is 19.8. The average Bonchev–Trinajstić information content (AvgIpc) is 2.98. The predicted molar refractivity (Wildman–Crippen MR) is 112 cm³/mol. The number of amides is 1. The van der Waals surface area contributed by atoms with Crippen molar-refractivity contribution < 1.29 is 19.1 Å². The lowest BCUT2D eigenvalue weighted by molar-refractivity contribution is -0.127. The number of nitrogens with zero attached hydrogens (tertiary/aromatic N) is 1. The van der Waals surface area contributed by atoms with E-state index in [1.165, 1.54) is 0 Å². The average molecular weight is 406 g/mol. The maximum Gasteiger partial charge on any atom is 0.340 e.